The Morgan fingerprint density at radius 1 is 1.03 bits per heavy atom. The van der Waals surface area contributed by atoms with Gasteiger partial charge in [-0.25, -0.2) is 0 Å². The smallest absolute Gasteiger partial charge is 0.261 e. The van der Waals surface area contributed by atoms with Crippen molar-refractivity contribution < 1.29 is 24.2 Å². The van der Waals surface area contributed by atoms with Crippen LogP contribution < -0.4 is 9.84 Å². The molecule has 150 valence electrons. The first-order valence-corrected chi connectivity index (χ1v) is 9.47. The van der Waals surface area contributed by atoms with Crippen LogP contribution in [-0.2, 0) is 9.59 Å². The van der Waals surface area contributed by atoms with Crippen molar-refractivity contribution in [3.05, 3.63) is 65.2 Å². The van der Waals surface area contributed by atoms with Crippen molar-refractivity contribution in [2.75, 3.05) is 13.2 Å². The fraction of sp³-hybridized carbons (Fsp3) is 0.261. The van der Waals surface area contributed by atoms with Gasteiger partial charge in [0, 0.05) is 11.1 Å². The third-order valence-corrected chi connectivity index (χ3v) is 4.61. The SMILES string of the molecule is CC(C)CCOc1ccc(/C=C2\C(=O)N(CC(=O)[O-])C(=O)c3ccccc32)cc1. The van der Waals surface area contributed by atoms with Crippen molar-refractivity contribution in [3.8, 4) is 5.75 Å². The molecule has 6 heteroatoms. The van der Waals surface area contributed by atoms with Crippen LogP contribution in [0, 0.1) is 5.92 Å². The fourth-order valence-electron chi connectivity index (χ4n) is 3.05. The van der Waals surface area contributed by atoms with Gasteiger partial charge >= 0.3 is 0 Å². The Morgan fingerprint density at radius 3 is 2.31 bits per heavy atom. The van der Waals surface area contributed by atoms with Crippen LogP contribution in [0.15, 0.2) is 48.5 Å². The highest BCUT2D eigenvalue weighted by atomic mass is 16.5. The Hall–Kier alpha value is -3.41. The number of imide groups is 1. The maximum Gasteiger partial charge on any atom is 0.261 e. The summed E-state index contributed by atoms with van der Waals surface area (Å²) in [5.41, 5.74) is 1.76. The average Bonchev–Trinajstić information content (AvgIpc) is 2.69. The van der Waals surface area contributed by atoms with Crippen LogP contribution in [0.1, 0.15) is 41.8 Å². The van der Waals surface area contributed by atoms with Gasteiger partial charge in [0.1, 0.15) is 5.75 Å². The molecule has 2 aromatic rings. The van der Waals surface area contributed by atoms with E-state index in [4.69, 9.17) is 4.74 Å². The second-order valence-corrected chi connectivity index (χ2v) is 7.27. The Balaban J connectivity index is 1.90. The molecule has 3 rings (SSSR count). The summed E-state index contributed by atoms with van der Waals surface area (Å²) < 4.78 is 5.70. The summed E-state index contributed by atoms with van der Waals surface area (Å²) in [4.78, 5) is 37.1. The van der Waals surface area contributed by atoms with E-state index in [9.17, 15) is 19.5 Å². The standard InChI is InChI=1S/C23H23NO5/c1-15(2)11-12-29-17-9-7-16(8-10-17)13-20-18-5-3-4-6-19(18)22(27)24(23(20)28)14-21(25)26/h3-10,13,15H,11-12,14H2,1-2H3,(H,25,26)/p-1/b20-13-. The van der Waals surface area contributed by atoms with Crippen molar-refractivity contribution in [2.24, 2.45) is 5.92 Å². The van der Waals surface area contributed by atoms with Crippen molar-refractivity contribution in [3.63, 3.8) is 0 Å². The number of hydrogen-bond donors (Lipinski definition) is 0. The van der Waals surface area contributed by atoms with E-state index in [0.29, 0.717) is 23.0 Å². The summed E-state index contributed by atoms with van der Waals surface area (Å²) in [5.74, 6) is -1.50. The van der Waals surface area contributed by atoms with Crippen LogP contribution in [-0.4, -0.2) is 35.8 Å². The quantitative estimate of drug-likeness (QED) is 0.533. The van der Waals surface area contributed by atoms with Crippen LogP contribution >= 0.6 is 0 Å². The second kappa shape index (κ2) is 8.73. The summed E-state index contributed by atoms with van der Waals surface area (Å²) >= 11 is 0. The molecule has 1 heterocycles. The molecule has 0 unspecified atom stereocenters. The molecular weight excluding hydrogens is 370 g/mol. The van der Waals surface area contributed by atoms with Gasteiger partial charge in [0.25, 0.3) is 11.8 Å². The molecule has 0 bridgehead atoms. The number of amides is 2. The zero-order chi connectivity index (χ0) is 21.0. The van der Waals surface area contributed by atoms with Gasteiger partial charge in [0.15, 0.2) is 0 Å². The zero-order valence-electron chi connectivity index (χ0n) is 16.4. The lowest BCUT2D eigenvalue weighted by atomic mass is 9.92. The minimum absolute atomic E-state index is 0.259. The number of benzene rings is 2. The largest absolute Gasteiger partial charge is 0.548 e. The first-order valence-electron chi connectivity index (χ1n) is 9.47. The van der Waals surface area contributed by atoms with Crippen LogP contribution in [0.2, 0.25) is 0 Å². The van der Waals surface area contributed by atoms with Crippen molar-refractivity contribution in [1.82, 2.24) is 4.90 Å². The molecule has 0 radical (unpaired) electrons. The lowest BCUT2D eigenvalue weighted by Crippen LogP contribution is -2.47. The topological polar surface area (TPSA) is 86.7 Å². The molecule has 0 saturated heterocycles. The van der Waals surface area contributed by atoms with Gasteiger partial charge in [-0.15, -0.1) is 0 Å². The number of aliphatic carboxylic acids is 1. The fourth-order valence-corrected chi connectivity index (χ4v) is 3.05. The molecule has 2 amide bonds. The molecule has 0 aliphatic carbocycles. The van der Waals surface area contributed by atoms with Crippen LogP contribution in [0.4, 0.5) is 0 Å². The molecular formula is C23H22NO5-. The lowest BCUT2D eigenvalue weighted by molar-refractivity contribution is -0.305. The molecule has 1 aliphatic rings. The highest BCUT2D eigenvalue weighted by molar-refractivity contribution is 6.34. The van der Waals surface area contributed by atoms with E-state index in [1.54, 1.807) is 30.3 Å². The number of carbonyl (C=O) groups is 3. The first-order chi connectivity index (χ1) is 13.9. The van der Waals surface area contributed by atoms with Gasteiger partial charge < -0.3 is 14.6 Å². The van der Waals surface area contributed by atoms with E-state index in [0.717, 1.165) is 17.7 Å². The third kappa shape index (κ3) is 4.71. The van der Waals surface area contributed by atoms with Gasteiger partial charge in [-0.2, -0.15) is 0 Å². The normalized spacial score (nSPS) is 15.0. The molecule has 0 saturated carbocycles. The van der Waals surface area contributed by atoms with Crippen molar-refractivity contribution in [1.29, 1.82) is 0 Å². The molecule has 0 fully saturated rings. The third-order valence-electron chi connectivity index (χ3n) is 4.61. The first kappa shape index (κ1) is 20.3. The summed E-state index contributed by atoms with van der Waals surface area (Å²) in [6, 6.07) is 13.9. The highest BCUT2D eigenvalue weighted by Crippen LogP contribution is 2.30. The van der Waals surface area contributed by atoms with E-state index in [2.05, 4.69) is 13.8 Å². The van der Waals surface area contributed by atoms with Gasteiger partial charge in [-0.3, -0.25) is 14.5 Å². The maximum absolute atomic E-state index is 12.8. The Kier molecular flexibility index (Phi) is 6.12. The number of fused-ring (bicyclic) bond motifs is 1. The average molecular weight is 392 g/mol. The summed E-state index contributed by atoms with van der Waals surface area (Å²) in [6.07, 6.45) is 2.60. The minimum atomic E-state index is -1.49. The molecule has 29 heavy (non-hydrogen) atoms. The number of nitrogens with zero attached hydrogens (tertiary/aromatic N) is 1. The molecule has 0 aromatic heterocycles. The lowest BCUT2D eigenvalue weighted by Gasteiger charge is -2.28. The number of carboxylic acid groups (broad SMARTS) is 1. The summed E-state index contributed by atoms with van der Waals surface area (Å²) in [5, 5.41) is 11.0. The van der Waals surface area contributed by atoms with E-state index in [1.807, 2.05) is 24.3 Å². The molecule has 1 aliphatic heterocycles. The van der Waals surface area contributed by atoms with Crippen molar-refractivity contribution in [2.45, 2.75) is 20.3 Å². The van der Waals surface area contributed by atoms with E-state index < -0.39 is 24.3 Å². The molecule has 0 spiro atoms. The van der Waals surface area contributed by atoms with E-state index in [1.165, 1.54) is 0 Å². The monoisotopic (exact) mass is 392 g/mol. The maximum atomic E-state index is 12.8. The van der Waals surface area contributed by atoms with Gasteiger partial charge in [0.05, 0.1) is 19.1 Å². The number of rotatable bonds is 7. The molecule has 6 nitrogen and oxygen atoms in total. The van der Waals surface area contributed by atoms with E-state index in [-0.39, 0.29) is 11.1 Å². The van der Waals surface area contributed by atoms with Crippen LogP contribution in [0.25, 0.3) is 11.6 Å². The minimum Gasteiger partial charge on any atom is -0.548 e. The summed E-state index contributed by atoms with van der Waals surface area (Å²) in [7, 11) is 0. The van der Waals surface area contributed by atoms with Crippen LogP contribution in [0.3, 0.4) is 0 Å². The second-order valence-electron chi connectivity index (χ2n) is 7.27. The Labute approximate surface area is 169 Å². The van der Waals surface area contributed by atoms with Gasteiger partial charge in [-0.05, 0) is 47.7 Å². The number of hydrogen-bond acceptors (Lipinski definition) is 5. The molecule has 0 N–H and O–H groups in total. The number of ether oxygens (including phenoxy) is 1. The molecule has 0 atom stereocenters. The Morgan fingerprint density at radius 2 is 1.69 bits per heavy atom. The van der Waals surface area contributed by atoms with Crippen LogP contribution in [0.5, 0.6) is 5.75 Å². The van der Waals surface area contributed by atoms with Gasteiger partial charge in [-0.1, -0.05) is 44.2 Å². The molecule has 2 aromatic carbocycles. The van der Waals surface area contributed by atoms with Crippen molar-refractivity contribution >= 4 is 29.4 Å². The van der Waals surface area contributed by atoms with Gasteiger partial charge in [0.2, 0.25) is 0 Å². The van der Waals surface area contributed by atoms with E-state index >= 15 is 0 Å². The highest BCUT2D eigenvalue weighted by Gasteiger charge is 2.34. The number of carbonyl (C=O) groups excluding carboxylic acids is 3. The number of carboxylic acids is 1. The predicted octanol–water partition coefficient (Wildman–Crippen LogP) is 2.38. The zero-order valence-corrected chi connectivity index (χ0v) is 16.4. The predicted molar refractivity (Wildman–Crippen MR) is 107 cm³/mol. The summed E-state index contributed by atoms with van der Waals surface area (Å²) in [6.45, 7) is 4.11. The Bertz CT molecular complexity index is 959.